The number of hydrogen-bond acceptors (Lipinski definition) is 4. The van der Waals surface area contributed by atoms with E-state index in [1.54, 1.807) is 0 Å². The van der Waals surface area contributed by atoms with Crippen molar-refractivity contribution >= 4 is 22.7 Å². The molecular formula is C18H15ClF3NO4. The molecule has 144 valence electrons. The fourth-order valence-electron chi connectivity index (χ4n) is 3.11. The van der Waals surface area contributed by atoms with Gasteiger partial charge in [-0.3, -0.25) is 4.57 Å². The highest BCUT2D eigenvalue weighted by molar-refractivity contribution is 6.31. The average Bonchev–Trinajstić information content (AvgIpc) is 2.88. The van der Waals surface area contributed by atoms with E-state index in [1.807, 2.05) is 0 Å². The highest BCUT2D eigenvalue weighted by Gasteiger charge is 2.59. The summed E-state index contributed by atoms with van der Waals surface area (Å²) in [7, 11) is 1.35. The van der Waals surface area contributed by atoms with Gasteiger partial charge in [0, 0.05) is 18.0 Å². The van der Waals surface area contributed by atoms with Gasteiger partial charge in [-0.05, 0) is 41.5 Å². The van der Waals surface area contributed by atoms with Crippen LogP contribution in [0.4, 0.5) is 13.2 Å². The molecule has 0 bridgehead atoms. The molecule has 0 spiro atoms. The van der Waals surface area contributed by atoms with E-state index in [2.05, 4.69) is 0 Å². The predicted molar refractivity (Wildman–Crippen MR) is 92.9 cm³/mol. The number of halogens is 4. The van der Waals surface area contributed by atoms with Crippen LogP contribution in [0.5, 0.6) is 5.75 Å². The minimum Gasteiger partial charge on any atom is -0.508 e. The van der Waals surface area contributed by atoms with Crippen LogP contribution in [-0.2, 0) is 12.6 Å². The maximum absolute atomic E-state index is 14.0. The molecule has 2 aromatic carbocycles. The van der Waals surface area contributed by atoms with Crippen molar-refractivity contribution in [2.24, 2.45) is 7.05 Å². The summed E-state index contributed by atoms with van der Waals surface area (Å²) in [4.78, 5) is 11.6. The number of phenolic OH excluding ortho intramolecular Hbond substituents is 1. The normalized spacial score (nSPS) is 15.7. The van der Waals surface area contributed by atoms with Crippen molar-refractivity contribution in [3.63, 3.8) is 0 Å². The molecule has 0 unspecified atom stereocenters. The molecule has 5 nitrogen and oxygen atoms in total. The first-order valence-electron chi connectivity index (χ1n) is 7.84. The Morgan fingerprint density at radius 3 is 2.48 bits per heavy atom. The van der Waals surface area contributed by atoms with Crippen LogP contribution in [0, 0.1) is 0 Å². The molecule has 0 saturated carbocycles. The summed E-state index contributed by atoms with van der Waals surface area (Å²) >= 11 is 6.01. The zero-order valence-electron chi connectivity index (χ0n) is 14.2. The highest BCUT2D eigenvalue weighted by Crippen LogP contribution is 2.50. The molecule has 0 aliphatic carbocycles. The van der Waals surface area contributed by atoms with E-state index in [9.17, 15) is 28.2 Å². The molecule has 1 heterocycles. The van der Waals surface area contributed by atoms with Crippen LogP contribution in [0.1, 0.15) is 24.0 Å². The molecule has 3 rings (SSSR count). The predicted octanol–water partition coefficient (Wildman–Crippen LogP) is 4.04. The standard InChI is InChI=1S/C18H15ClF3NO4/c1-9(12-8-11(24)4-5-13(12)19)17(26,18(20,21)22)10-3-6-15-14(7-10)23(2)16(25)27-15/h3-9,24,26H,1-2H3/t9-,17-/m1/s1. The van der Waals surface area contributed by atoms with Gasteiger partial charge in [-0.2, -0.15) is 13.2 Å². The second-order valence-corrected chi connectivity index (χ2v) is 6.71. The van der Waals surface area contributed by atoms with Crippen molar-refractivity contribution in [3.8, 4) is 5.75 Å². The van der Waals surface area contributed by atoms with E-state index in [4.69, 9.17) is 16.0 Å². The fourth-order valence-corrected chi connectivity index (χ4v) is 3.39. The summed E-state index contributed by atoms with van der Waals surface area (Å²) in [6, 6.07) is 6.86. The summed E-state index contributed by atoms with van der Waals surface area (Å²) < 4.78 is 48.0. The van der Waals surface area contributed by atoms with Gasteiger partial charge < -0.3 is 14.6 Å². The number of nitrogens with zero attached hydrogens (tertiary/aromatic N) is 1. The monoisotopic (exact) mass is 401 g/mol. The fraction of sp³-hybridized carbons (Fsp3) is 0.278. The lowest BCUT2D eigenvalue weighted by Crippen LogP contribution is -2.46. The number of fused-ring (bicyclic) bond motifs is 1. The molecule has 2 N–H and O–H groups in total. The Morgan fingerprint density at radius 1 is 1.19 bits per heavy atom. The van der Waals surface area contributed by atoms with Crippen LogP contribution in [0.15, 0.2) is 45.6 Å². The Morgan fingerprint density at radius 2 is 1.85 bits per heavy atom. The van der Waals surface area contributed by atoms with Gasteiger partial charge in [-0.15, -0.1) is 0 Å². The Labute approximate surface area is 156 Å². The summed E-state index contributed by atoms with van der Waals surface area (Å²) in [5.41, 5.74) is -3.68. The van der Waals surface area contributed by atoms with Crippen LogP contribution < -0.4 is 5.76 Å². The van der Waals surface area contributed by atoms with Gasteiger partial charge in [0.25, 0.3) is 0 Å². The number of phenols is 1. The summed E-state index contributed by atoms with van der Waals surface area (Å²) in [6.07, 6.45) is -5.07. The van der Waals surface area contributed by atoms with Gasteiger partial charge in [0.1, 0.15) is 5.75 Å². The van der Waals surface area contributed by atoms with Crippen LogP contribution in [-0.4, -0.2) is 21.0 Å². The van der Waals surface area contributed by atoms with E-state index in [1.165, 1.54) is 25.2 Å². The summed E-state index contributed by atoms with van der Waals surface area (Å²) in [5.74, 6) is -2.57. The maximum atomic E-state index is 14.0. The molecular weight excluding hydrogens is 387 g/mol. The Bertz CT molecular complexity index is 1070. The van der Waals surface area contributed by atoms with Gasteiger partial charge in [-0.1, -0.05) is 24.6 Å². The Balaban J connectivity index is 2.26. The third-order valence-corrected chi connectivity index (χ3v) is 5.08. The first kappa shape index (κ1) is 19.3. The molecule has 0 saturated heterocycles. The van der Waals surface area contributed by atoms with Crippen molar-refractivity contribution in [1.29, 1.82) is 0 Å². The molecule has 0 radical (unpaired) electrons. The second-order valence-electron chi connectivity index (χ2n) is 6.30. The lowest BCUT2D eigenvalue weighted by atomic mass is 9.77. The third kappa shape index (κ3) is 2.98. The molecule has 3 aromatic rings. The van der Waals surface area contributed by atoms with Gasteiger partial charge in [0.05, 0.1) is 5.52 Å². The molecule has 0 aliphatic rings. The first-order chi connectivity index (χ1) is 12.5. The number of oxazole rings is 1. The molecule has 9 heteroatoms. The van der Waals surface area contributed by atoms with E-state index in [0.717, 1.165) is 29.7 Å². The lowest BCUT2D eigenvalue weighted by molar-refractivity contribution is -0.274. The number of hydrogen-bond donors (Lipinski definition) is 2. The van der Waals surface area contributed by atoms with E-state index in [0.29, 0.717) is 0 Å². The summed E-state index contributed by atoms with van der Waals surface area (Å²) in [5, 5.41) is 20.4. The molecule has 2 atom stereocenters. The van der Waals surface area contributed by atoms with Gasteiger partial charge in [0.15, 0.2) is 11.2 Å². The van der Waals surface area contributed by atoms with Crippen molar-refractivity contribution in [2.45, 2.75) is 24.6 Å². The van der Waals surface area contributed by atoms with Crippen molar-refractivity contribution < 1.29 is 27.8 Å². The number of aliphatic hydroxyl groups is 1. The van der Waals surface area contributed by atoms with Crippen molar-refractivity contribution in [3.05, 3.63) is 63.1 Å². The number of aromatic nitrogens is 1. The first-order valence-corrected chi connectivity index (χ1v) is 8.22. The topological polar surface area (TPSA) is 75.6 Å². The number of benzene rings is 2. The van der Waals surface area contributed by atoms with Crippen LogP contribution in [0.2, 0.25) is 5.02 Å². The number of alkyl halides is 3. The quantitative estimate of drug-likeness (QED) is 0.694. The largest absolute Gasteiger partial charge is 0.508 e. The SMILES string of the molecule is C[C@H](c1cc(O)ccc1Cl)[C@@](O)(c1ccc2oc(=O)n(C)c2c1)C(F)(F)F. The minimum atomic E-state index is -5.07. The van der Waals surface area contributed by atoms with Gasteiger partial charge >= 0.3 is 11.9 Å². The Hall–Kier alpha value is -2.45. The van der Waals surface area contributed by atoms with E-state index in [-0.39, 0.29) is 27.4 Å². The number of rotatable bonds is 3. The molecule has 0 fully saturated rings. The van der Waals surface area contributed by atoms with Crippen molar-refractivity contribution in [1.82, 2.24) is 4.57 Å². The Kier molecular flexibility index (Phi) is 4.52. The molecule has 0 aliphatic heterocycles. The molecule has 1 aromatic heterocycles. The lowest BCUT2D eigenvalue weighted by Gasteiger charge is -2.37. The third-order valence-electron chi connectivity index (χ3n) is 4.74. The zero-order valence-corrected chi connectivity index (χ0v) is 15.0. The van der Waals surface area contributed by atoms with E-state index >= 15 is 0 Å². The smallest absolute Gasteiger partial charge is 0.422 e. The second kappa shape index (κ2) is 6.31. The van der Waals surface area contributed by atoms with E-state index < -0.39 is 29.0 Å². The van der Waals surface area contributed by atoms with Crippen LogP contribution in [0.25, 0.3) is 11.1 Å². The minimum absolute atomic E-state index is 0.0280. The number of aryl methyl sites for hydroxylation is 1. The molecule has 0 amide bonds. The summed E-state index contributed by atoms with van der Waals surface area (Å²) in [6.45, 7) is 1.16. The average molecular weight is 402 g/mol. The highest BCUT2D eigenvalue weighted by atomic mass is 35.5. The van der Waals surface area contributed by atoms with Crippen LogP contribution >= 0.6 is 11.6 Å². The van der Waals surface area contributed by atoms with Gasteiger partial charge in [0.2, 0.25) is 0 Å². The maximum Gasteiger partial charge on any atom is 0.422 e. The van der Waals surface area contributed by atoms with Gasteiger partial charge in [-0.25, -0.2) is 4.79 Å². The number of aromatic hydroxyl groups is 1. The van der Waals surface area contributed by atoms with Crippen LogP contribution in [0.3, 0.4) is 0 Å². The van der Waals surface area contributed by atoms with Crippen molar-refractivity contribution in [2.75, 3.05) is 0 Å². The zero-order chi connectivity index (χ0) is 20.1. The molecule has 27 heavy (non-hydrogen) atoms.